The van der Waals surface area contributed by atoms with E-state index in [4.69, 9.17) is 4.52 Å². The highest BCUT2D eigenvalue weighted by molar-refractivity contribution is 7.10. The summed E-state index contributed by atoms with van der Waals surface area (Å²) in [7, 11) is 1.74. The minimum atomic E-state index is -0.137. The van der Waals surface area contributed by atoms with Crippen molar-refractivity contribution in [2.75, 3.05) is 7.05 Å². The van der Waals surface area contributed by atoms with Gasteiger partial charge in [-0.05, 0) is 23.9 Å². The Labute approximate surface area is 135 Å². The maximum absolute atomic E-state index is 5.27. The molecule has 0 atom stereocenters. The minimum absolute atomic E-state index is 0.137. The molecule has 6 nitrogen and oxygen atoms in total. The average Bonchev–Trinajstić information content (AvgIpc) is 3.08. The van der Waals surface area contributed by atoms with Crippen molar-refractivity contribution in [3.63, 3.8) is 0 Å². The molecule has 0 aliphatic rings. The van der Waals surface area contributed by atoms with Gasteiger partial charge >= 0.3 is 0 Å². The molecule has 2 N–H and O–H groups in total. The fourth-order valence-corrected chi connectivity index (χ4v) is 2.61. The normalized spacial score (nSPS) is 12.5. The van der Waals surface area contributed by atoms with Crippen LogP contribution in [0.3, 0.4) is 0 Å². The van der Waals surface area contributed by atoms with Gasteiger partial charge in [0, 0.05) is 17.3 Å². The Bertz CT molecular complexity index is 638. The summed E-state index contributed by atoms with van der Waals surface area (Å²) in [4.78, 5) is 9.89. The van der Waals surface area contributed by atoms with Crippen LogP contribution < -0.4 is 10.6 Å². The van der Waals surface area contributed by atoms with E-state index >= 15 is 0 Å². The monoisotopic (exact) mass is 321 g/mol. The molecule has 2 aromatic heterocycles. The lowest BCUT2D eigenvalue weighted by Crippen LogP contribution is -2.36. The third-order valence-electron chi connectivity index (χ3n) is 3.13. The Hall–Kier alpha value is -1.89. The van der Waals surface area contributed by atoms with Crippen molar-refractivity contribution in [3.8, 4) is 0 Å². The Morgan fingerprint density at radius 3 is 2.59 bits per heavy atom. The van der Waals surface area contributed by atoms with Crippen molar-refractivity contribution in [2.24, 2.45) is 4.99 Å². The van der Waals surface area contributed by atoms with E-state index in [1.165, 1.54) is 10.4 Å². The first-order chi connectivity index (χ1) is 10.4. The van der Waals surface area contributed by atoms with Crippen molar-refractivity contribution in [1.82, 2.24) is 20.8 Å². The lowest BCUT2D eigenvalue weighted by molar-refractivity contribution is 0.318. The van der Waals surface area contributed by atoms with E-state index in [0.717, 1.165) is 12.5 Å². The number of hydrogen-bond donors (Lipinski definition) is 2. The van der Waals surface area contributed by atoms with Crippen molar-refractivity contribution >= 4 is 17.3 Å². The Morgan fingerprint density at radius 1 is 1.32 bits per heavy atom. The number of guanidine groups is 1. The van der Waals surface area contributed by atoms with E-state index in [2.05, 4.69) is 44.1 Å². The molecular formula is C15H23N5OS. The molecule has 120 valence electrons. The zero-order chi connectivity index (χ0) is 16.2. The van der Waals surface area contributed by atoms with Crippen molar-refractivity contribution in [2.45, 2.75) is 46.2 Å². The van der Waals surface area contributed by atoms with Crippen molar-refractivity contribution in [3.05, 3.63) is 33.6 Å². The van der Waals surface area contributed by atoms with Crippen LogP contribution >= 0.6 is 11.3 Å². The maximum Gasteiger partial charge on any atom is 0.232 e. The lowest BCUT2D eigenvalue weighted by atomic mass is 9.97. The first-order valence-corrected chi connectivity index (χ1v) is 8.08. The summed E-state index contributed by atoms with van der Waals surface area (Å²) >= 11 is 1.74. The van der Waals surface area contributed by atoms with Gasteiger partial charge in [-0.3, -0.25) is 4.99 Å². The molecule has 0 aliphatic carbocycles. The molecule has 7 heteroatoms. The first kappa shape index (κ1) is 16.5. The molecule has 0 fully saturated rings. The summed E-state index contributed by atoms with van der Waals surface area (Å²) in [5.74, 6) is 1.98. The van der Waals surface area contributed by atoms with Gasteiger partial charge in [-0.1, -0.05) is 25.9 Å². The molecule has 0 aromatic carbocycles. The van der Waals surface area contributed by atoms with E-state index in [-0.39, 0.29) is 5.41 Å². The molecule has 0 aliphatic heterocycles. The van der Waals surface area contributed by atoms with Gasteiger partial charge in [-0.2, -0.15) is 4.98 Å². The van der Waals surface area contributed by atoms with E-state index in [9.17, 15) is 0 Å². The second-order valence-corrected chi connectivity index (χ2v) is 7.07. The Morgan fingerprint density at radius 2 is 2.05 bits per heavy atom. The highest BCUT2D eigenvalue weighted by Gasteiger charge is 2.21. The summed E-state index contributed by atoms with van der Waals surface area (Å²) in [5, 5.41) is 12.6. The second-order valence-electron chi connectivity index (χ2n) is 6.07. The molecule has 0 unspecified atom stereocenters. The number of aryl methyl sites for hydroxylation is 1. The predicted octanol–water partition coefficient (Wildman–Crippen LogP) is 2.60. The van der Waals surface area contributed by atoms with Gasteiger partial charge in [0.2, 0.25) is 5.89 Å². The fraction of sp³-hybridized carbons (Fsp3) is 0.533. The zero-order valence-corrected chi connectivity index (χ0v) is 14.5. The molecule has 0 saturated heterocycles. The Balaban J connectivity index is 1.86. The number of aliphatic imine (C=N–C) groups is 1. The summed E-state index contributed by atoms with van der Waals surface area (Å²) in [5.41, 5.74) is 1.16. The zero-order valence-electron chi connectivity index (χ0n) is 13.7. The third kappa shape index (κ3) is 4.30. The van der Waals surface area contributed by atoms with Gasteiger partial charge in [0.05, 0.1) is 13.1 Å². The average molecular weight is 321 g/mol. The lowest BCUT2D eigenvalue weighted by Gasteiger charge is -2.11. The van der Waals surface area contributed by atoms with Crippen LogP contribution in [0.2, 0.25) is 0 Å². The molecule has 0 saturated carbocycles. The summed E-state index contributed by atoms with van der Waals surface area (Å²) in [6.45, 7) is 9.47. The fourth-order valence-electron chi connectivity index (χ4n) is 1.76. The van der Waals surface area contributed by atoms with E-state index in [1.807, 2.05) is 20.8 Å². The van der Waals surface area contributed by atoms with Gasteiger partial charge in [0.1, 0.15) is 0 Å². The number of aromatic nitrogens is 2. The van der Waals surface area contributed by atoms with Gasteiger partial charge in [0.15, 0.2) is 11.8 Å². The highest BCUT2D eigenvalue weighted by atomic mass is 32.1. The molecular weight excluding hydrogens is 298 g/mol. The van der Waals surface area contributed by atoms with Crippen LogP contribution in [0, 0.1) is 6.92 Å². The standard InChI is InChI=1S/C15H23N5OS/c1-10-6-7-22-11(10)8-17-14(16-5)18-9-12-19-13(21-20-12)15(2,3)4/h6-7H,8-9H2,1-5H3,(H2,16,17,18). The number of rotatable bonds is 4. The number of hydrogen-bond acceptors (Lipinski definition) is 5. The van der Waals surface area contributed by atoms with Gasteiger partial charge in [-0.15, -0.1) is 11.3 Å². The summed E-state index contributed by atoms with van der Waals surface area (Å²) in [6, 6.07) is 2.12. The number of nitrogens with one attached hydrogen (secondary N) is 2. The van der Waals surface area contributed by atoms with Crippen LogP contribution in [0.25, 0.3) is 0 Å². The highest BCUT2D eigenvalue weighted by Crippen LogP contribution is 2.19. The molecule has 2 rings (SSSR count). The van der Waals surface area contributed by atoms with E-state index in [0.29, 0.717) is 18.3 Å². The molecule has 22 heavy (non-hydrogen) atoms. The quantitative estimate of drug-likeness (QED) is 0.669. The van der Waals surface area contributed by atoms with Crippen LogP contribution in [0.4, 0.5) is 0 Å². The van der Waals surface area contributed by atoms with Crippen LogP contribution in [0.15, 0.2) is 21.0 Å². The van der Waals surface area contributed by atoms with E-state index in [1.54, 1.807) is 18.4 Å². The summed E-state index contributed by atoms with van der Waals surface area (Å²) in [6.07, 6.45) is 0. The van der Waals surface area contributed by atoms with Gasteiger partial charge in [-0.25, -0.2) is 0 Å². The molecule has 0 amide bonds. The van der Waals surface area contributed by atoms with Crippen LogP contribution in [-0.4, -0.2) is 23.1 Å². The van der Waals surface area contributed by atoms with E-state index < -0.39 is 0 Å². The smallest absolute Gasteiger partial charge is 0.232 e. The second kappa shape index (κ2) is 6.91. The van der Waals surface area contributed by atoms with Crippen LogP contribution in [0.5, 0.6) is 0 Å². The topological polar surface area (TPSA) is 75.3 Å². The predicted molar refractivity (Wildman–Crippen MR) is 89.1 cm³/mol. The number of nitrogens with zero attached hydrogens (tertiary/aromatic N) is 3. The molecule has 0 radical (unpaired) electrons. The maximum atomic E-state index is 5.27. The molecule has 2 heterocycles. The van der Waals surface area contributed by atoms with Crippen molar-refractivity contribution < 1.29 is 4.52 Å². The SMILES string of the molecule is CN=C(NCc1noc(C(C)(C)C)n1)NCc1sccc1C. The van der Waals surface area contributed by atoms with Gasteiger partial charge < -0.3 is 15.2 Å². The van der Waals surface area contributed by atoms with Gasteiger partial charge in [0.25, 0.3) is 0 Å². The van der Waals surface area contributed by atoms with Crippen LogP contribution in [0.1, 0.15) is 42.9 Å². The van der Waals surface area contributed by atoms with Crippen LogP contribution in [-0.2, 0) is 18.5 Å². The molecule has 2 aromatic rings. The first-order valence-electron chi connectivity index (χ1n) is 7.20. The largest absolute Gasteiger partial charge is 0.352 e. The Kier molecular flexibility index (Phi) is 5.18. The number of thiophene rings is 1. The third-order valence-corrected chi connectivity index (χ3v) is 4.15. The van der Waals surface area contributed by atoms with Crippen molar-refractivity contribution in [1.29, 1.82) is 0 Å². The minimum Gasteiger partial charge on any atom is -0.352 e. The summed E-state index contributed by atoms with van der Waals surface area (Å²) < 4.78 is 5.27. The molecule has 0 spiro atoms. The molecule has 0 bridgehead atoms.